The molecule has 5 heteroatoms. The summed E-state index contributed by atoms with van der Waals surface area (Å²) >= 11 is 5.46. The van der Waals surface area contributed by atoms with Crippen LogP contribution in [0.15, 0.2) is 0 Å². The molecule has 1 amide bonds. The van der Waals surface area contributed by atoms with E-state index in [2.05, 4.69) is 10.1 Å². The van der Waals surface area contributed by atoms with Gasteiger partial charge in [0.25, 0.3) is 0 Å². The number of carbonyl (C=O) groups is 2. The largest absolute Gasteiger partial charge is 0.469 e. The van der Waals surface area contributed by atoms with E-state index in [0.717, 1.165) is 0 Å². The number of nitrogens with one attached hydrogen (secondary N) is 1. The lowest BCUT2D eigenvalue weighted by atomic mass is 10.2. The van der Waals surface area contributed by atoms with E-state index < -0.39 is 0 Å². The second-order valence-electron chi connectivity index (χ2n) is 2.67. The van der Waals surface area contributed by atoms with Gasteiger partial charge in [0, 0.05) is 18.3 Å². The molecule has 0 rings (SSSR count). The molecule has 0 aliphatic rings. The number of methoxy groups -OCH3 is 1. The number of carbonyl (C=O) groups excluding carboxylic acids is 2. The maximum Gasteiger partial charge on any atom is 0.307 e. The summed E-state index contributed by atoms with van der Waals surface area (Å²) in [6.07, 6.45) is 0.192. The van der Waals surface area contributed by atoms with Crippen LogP contribution in [0.4, 0.5) is 0 Å². The van der Waals surface area contributed by atoms with E-state index in [1.54, 1.807) is 6.92 Å². The first-order valence-electron chi connectivity index (χ1n) is 4.02. The Labute approximate surface area is 82.6 Å². The summed E-state index contributed by atoms with van der Waals surface area (Å²) in [5, 5.41) is 2.57. The van der Waals surface area contributed by atoms with Gasteiger partial charge in [-0.1, -0.05) is 6.92 Å². The van der Waals surface area contributed by atoms with Crippen molar-refractivity contribution < 1.29 is 14.3 Å². The molecular weight excluding hydrogens is 194 g/mol. The summed E-state index contributed by atoms with van der Waals surface area (Å²) in [5.74, 6) is -0.415. The maximum atomic E-state index is 11.1. The van der Waals surface area contributed by atoms with Gasteiger partial charge in [-0.2, -0.15) is 0 Å². The molecule has 0 aromatic rings. The van der Waals surface area contributed by atoms with Crippen molar-refractivity contribution in [2.75, 3.05) is 19.5 Å². The van der Waals surface area contributed by atoms with Gasteiger partial charge in [-0.15, -0.1) is 11.6 Å². The van der Waals surface area contributed by atoms with E-state index in [1.165, 1.54) is 7.11 Å². The summed E-state index contributed by atoms with van der Waals surface area (Å²) in [5.41, 5.74) is 0. The van der Waals surface area contributed by atoms with E-state index >= 15 is 0 Å². The minimum atomic E-state index is -0.334. The average Bonchev–Trinajstić information content (AvgIpc) is 2.15. The molecule has 0 bridgehead atoms. The molecule has 76 valence electrons. The molecule has 0 saturated carbocycles. The van der Waals surface area contributed by atoms with Gasteiger partial charge >= 0.3 is 5.97 Å². The molecule has 0 aromatic carbocycles. The van der Waals surface area contributed by atoms with Crippen molar-refractivity contribution >= 4 is 23.5 Å². The third-order valence-electron chi connectivity index (χ3n) is 1.54. The first-order chi connectivity index (χ1) is 6.11. The summed E-state index contributed by atoms with van der Waals surface area (Å²) in [6, 6.07) is 0. The number of hydrogen-bond donors (Lipinski definition) is 1. The van der Waals surface area contributed by atoms with Crippen LogP contribution in [0.2, 0.25) is 0 Å². The van der Waals surface area contributed by atoms with Gasteiger partial charge < -0.3 is 10.1 Å². The highest BCUT2D eigenvalue weighted by Crippen LogP contribution is 1.97. The van der Waals surface area contributed by atoms with Crippen molar-refractivity contribution in [1.29, 1.82) is 0 Å². The second kappa shape index (κ2) is 6.71. The number of amides is 1. The lowest BCUT2D eigenvalue weighted by Crippen LogP contribution is -2.31. The molecule has 0 aliphatic carbocycles. The van der Waals surface area contributed by atoms with E-state index in [4.69, 9.17) is 11.6 Å². The molecule has 0 radical (unpaired) electrons. The van der Waals surface area contributed by atoms with Crippen LogP contribution < -0.4 is 5.32 Å². The number of halogens is 1. The third kappa shape index (κ3) is 5.47. The predicted octanol–water partition coefficient (Wildman–Crippen LogP) is 0.541. The lowest BCUT2D eigenvalue weighted by molar-refractivity contribution is -0.140. The fourth-order valence-electron chi connectivity index (χ4n) is 0.634. The van der Waals surface area contributed by atoms with Crippen molar-refractivity contribution in [3.05, 3.63) is 0 Å². The summed E-state index contributed by atoms with van der Waals surface area (Å²) < 4.78 is 4.40. The zero-order valence-electron chi connectivity index (χ0n) is 7.80. The van der Waals surface area contributed by atoms with Crippen LogP contribution in [-0.2, 0) is 14.3 Å². The number of ether oxygens (including phenoxy) is 1. The molecule has 0 aliphatic heterocycles. The maximum absolute atomic E-state index is 11.1. The minimum absolute atomic E-state index is 0.140. The summed E-state index contributed by atoms with van der Waals surface area (Å²) in [4.78, 5) is 21.7. The Balaban J connectivity index is 3.53. The smallest absolute Gasteiger partial charge is 0.307 e. The molecule has 0 spiro atoms. The van der Waals surface area contributed by atoms with Crippen molar-refractivity contribution in [1.82, 2.24) is 5.32 Å². The summed E-state index contributed by atoms with van der Waals surface area (Å²) in [6.45, 7) is 2.02. The van der Waals surface area contributed by atoms with Crippen LogP contribution in [0.3, 0.4) is 0 Å². The fourth-order valence-corrected chi connectivity index (χ4v) is 0.774. The Hall–Kier alpha value is -0.770. The van der Waals surface area contributed by atoms with Gasteiger partial charge in [0.05, 0.1) is 13.5 Å². The predicted molar refractivity (Wildman–Crippen MR) is 49.5 cm³/mol. The van der Waals surface area contributed by atoms with Crippen LogP contribution in [0.5, 0.6) is 0 Å². The van der Waals surface area contributed by atoms with E-state index in [9.17, 15) is 9.59 Å². The SMILES string of the molecule is COC(=O)CCNC(=O)C(C)CCl. The molecule has 1 N–H and O–H groups in total. The zero-order chi connectivity index (χ0) is 10.3. The Morgan fingerprint density at radius 1 is 1.54 bits per heavy atom. The van der Waals surface area contributed by atoms with Crippen LogP contribution in [0.1, 0.15) is 13.3 Å². The number of alkyl halides is 1. The quantitative estimate of drug-likeness (QED) is 0.529. The number of hydrogen-bond acceptors (Lipinski definition) is 3. The number of esters is 1. The molecule has 0 saturated heterocycles. The first-order valence-corrected chi connectivity index (χ1v) is 4.55. The zero-order valence-corrected chi connectivity index (χ0v) is 8.56. The molecule has 1 atom stereocenters. The van der Waals surface area contributed by atoms with E-state index in [-0.39, 0.29) is 30.1 Å². The van der Waals surface area contributed by atoms with Gasteiger partial charge in [-0.05, 0) is 0 Å². The molecule has 4 nitrogen and oxygen atoms in total. The molecular formula is C8H14ClNO3. The van der Waals surface area contributed by atoms with Crippen LogP contribution >= 0.6 is 11.6 Å². The molecule has 0 fully saturated rings. The van der Waals surface area contributed by atoms with Gasteiger partial charge in [0.15, 0.2) is 0 Å². The van der Waals surface area contributed by atoms with E-state index in [0.29, 0.717) is 6.54 Å². The first kappa shape index (κ1) is 12.2. The summed E-state index contributed by atoms with van der Waals surface area (Å²) in [7, 11) is 1.31. The topological polar surface area (TPSA) is 55.4 Å². The van der Waals surface area contributed by atoms with Gasteiger partial charge in [0.2, 0.25) is 5.91 Å². The van der Waals surface area contributed by atoms with Gasteiger partial charge in [-0.3, -0.25) is 9.59 Å². The highest BCUT2D eigenvalue weighted by Gasteiger charge is 2.10. The van der Waals surface area contributed by atoms with Crippen molar-refractivity contribution in [3.63, 3.8) is 0 Å². The van der Waals surface area contributed by atoms with E-state index in [1.807, 2.05) is 0 Å². The normalized spacial score (nSPS) is 11.9. The van der Waals surface area contributed by atoms with Crippen LogP contribution in [0, 0.1) is 5.92 Å². The Morgan fingerprint density at radius 2 is 2.15 bits per heavy atom. The molecule has 1 unspecified atom stereocenters. The average molecular weight is 208 g/mol. The monoisotopic (exact) mass is 207 g/mol. The van der Waals surface area contributed by atoms with Gasteiger partial charge in [0.1, 0.15) is 0 Å². The molecule has 13 heavy (non-hydrogen) atoms. The number of rotatable bonds is 5. The van der Waals surface area contributed by atoms with Crippen molar-refractivity contribution in [2.45, 2.75) is 13.3 Å². The lowest BCUT2D eigenvalue weighted by Gasteiger charge is -2.07. The van der Waals surface area contributed by atoms with Crippen molar-refractivity contribution in [2.24, 2.45) is 5.92 Å². The Kier molecular flexibility index (Phi) is 6.32. The van der Waals surface area contributed by atoms with Gasteiger partial charge in [-0.25, -0.2) is 0 Å². The highest BCUT2D eigenvalue weighted by molar-refractivity contribution is 6.19. The minimum Gasteiger partial charge on any atom is -0.469 e. The standard InChI is InChI=1S/C8H14ClNO3/c1-6(5-9)8(12)10-4-3-7(11)13-2/h6H,3-5H2,1-2H3,(H,10,12). The molecule has 0 heterocycles. The van der Waals surface area contributed by atoms with Crippen molar-refractivity contribution in [3.8, 4) is 0 Å². The highest BCUT2D eigenvalue weighted by atomic mass is 35.5. The second-order valence-corrected chi connectivity index (χ2v) is 2.98. The van der Waals surface area contributed by atoms with Crippen LogP contribution in [0.25, 0.3) is 0 Å². The molecule has 0 aromatic heterocycles. The third-order valence-corrected chi connectivity index (χ3v) is 2.00. The Bertz CT molecular complexity index is 184. The van der Waals surface area contributed by atoms with Crippen LogP contribution in [-0.4, -0.2) is 31.4 Å². The Morgan fingerprint density at radius 3 is 2.62 bits per heavy atom. The fraction of sp³-hybridized carbons (Fsp3) is 0.750.